The zero-order chi connectivity index (χ0) is 23.4. The van der Waals surface area contributed by atoms with Crippen molar-refractivity contribution in [3.05, 3.63) is 115 Å². The Morgan fingerprint density at radius 3 is 2.11 bits per heavy atom. The van der Waals surface area contributed by atoms with E-state index in [0.29, 0.717) is 0 Å². The van der Waals surface area contributed by atoms with Gasteiger partial charge in [0.15, 0.2) is 0 Å². The van der Waals surface area contributed by atoms with Crippen molar-refractivity contribution in [2.24, 2.45) is 0 Å². The summed E-state index contributed by atoms with van der Waals surface area (Å²) in [6.07, 6.45) is 1.80. The van der Waals surface area contributed by atoms with E-state index in [-0.39, 0.29) is 5.75 Å². The highest BCUT2D eigenvalue weighted by molar-refractivity contribution is 5.99. The number of aromatic hydroxyl groups is 1. The van der Waals surface area contributed by atoms with Crippen LogP contribution in [-0.4, -0.2) is 24.0 Å². The first-order chi connectivity index (χ1) is 17.3. The molecule has 7 rings (SSSR count). The predicted molar refractivity (Wildman–Crippen MR) is 140 cm³/mol. The first kappa shape index (κ1) is 19.6. The summed E-state index contributed by atoms with van der Waals surface area (Å²) >= 11 is 0. The molecular weight excluding hydrogens is 432 g/mol. The molecule has 0 aliphatic carbocycles. The average Bonchev–Trinajstić information content (AvgIpc) is 3.44. The molecule has 0 saturated carbocycles. The number of benzene rings is 4. The van der Waals surface area contributed by atoms with E-state index in [9.17, 15) is 5.11 Å². The molecule has 0 unspecified atom stereocenters. The summed E-state index contributed by atoms with van der Waals surface area (Å²) in [6, 6.07) is 36.2. The number of hydrogen-bond acceptors (Lipinski definition) is 3. The van der Waals surface area contributed by atoms with Gasteiger partial charge < -0.3 is 5.11 Å². The van der Waals surface area contributed by atoms with Crippen molar-refractivity contribution in [2.75, 3.05) is 0 Å². The minimum absolute atomic E-state index is 0.270. The lowest BCUT2D eigenvalue weighted by atomic mass is 9.98. The number of hydrogen-bond donors (Lipinski definition) is 1. The molecule has 166 valence electrons. The Labute approximate surface area is 201 Å². The van der Waals surface area contributed by atoms with Gasteiger partial charge >= 0.3 is 0 Å². The van der Waals surface area contributed by atoms with Gasteiger partial charge in [-0.3, -0.25) is 8.97 Å². The van der Waals surface area contributed by atoms with Crippen molar-refractivity contribution < 1.29 is 5.11 Å². The van der Waals surface area contributed by atoms with Crippen LogP contribution >= 0.6 is 0 Å². The number of phenols is 1. The van der Waals surface area contributed by atoms with Crippen molar-refractivity contribution in [1.82, 2.24) is 18.9 Å². The largest absolute Gasteiger partial charge is 0.507 e. The van der Waals surface area contributed by atoms with Crippen LogP contribution in [0, 0.1) is 0 Å². The molecule has 4 aromatic carbocycles. The second-order valence-electron chi connectivity index (χ2n) is 8.53. The van der Waals surface area contributed by atoms with Gasteiger partial charge in [0.05, 0.1) is 22.1 Å². The lowest BCUT2D eigenvalue weighted by Gasteiger charge is -2.08. The molecule has 7 aromatic rings. The molecular formula is C30H20N4O. The van der Waals surface area contributed by atoms with E-state index in [4.69, 9.17) is 4.98 Å². The van der Waals surface area contributed by atoms with Gasteiger partial charge in [0.2, 0.25) is 5.78 Å². The van der Waals surface area contributed by atoms with Crippen LogP contribution in [0.4, 0.5) is 0 Å². The van der Waals surface area contributed by atoms with E-state index in [1.165, 1.54) is 0 Å². The first-order valence-corrected chi connectivity index (χ1v) is 11.5. The highest BCUT2D eigenvalue weighted by Crippen LogP contribution is 2.36. The molecule has 0 bridgehead atoms. The number of nitrogens with zero attached hydrogens (tertiary/aromatic N) is 4. The SMILES string of the molecule is Oc1ccccc1-c1cccc(-c2cccc3c2nc2n(-c4ccccn4)c4ccccc4n32)c1. The van der Waals surface area contributed by atoms with Crippen LogP contribution in [0.5, 0.6) is 5.75 Å². The fourth-order valence-electron chi connectivity index (χ4n) is 4.94. The van der Waals surface area contributed by atoms with Crippen molar-refractivity contribution in [3.8, 4) is 33.8 Å². The Hall–Kier alpha value is -4.90. The Morgan fingerprint density at radius 2 is 1.29 bits per heavy atom. The summed E-state index contributed by atoms with van der Waals surface area (Å²) in [6.45, 7) is 0. The Balaban J connectivity index is 1.51. The Kier molecular flexibility index (Phi) is 4.23. The van der Waals surface area contributed by atoms with Gasteiger partial charge in [-0.1, -0.05) is 66.7 Å². The van der Waals surface area contributed by atoms with Crippen molar-refractivity contribution in [3.63, 3.8) is 0 Å². The van der Waals surface area contributed by atoms with Crippen molar-refractivity contribution >= 4 is 27.8 Å². The highest BCUT2D eigenvalue weighted by Gasteiger charge is 2.19. The van der Waals surface area contributed by atoms with E-state index in [1.54, 1.807) is 12.3 Å². The topological polar surface area (TPSA) is 55.4 Å². The maximum atomic E-state index is 10.4. The minimum Gasteiger partial charge on any atom is -0.507 e. The third-order valence-electron chi connectivity index (χ3n) is 6.50. The summed E-state index contributed by atoms with van der Waals surface area (Å²) in [5, 5.41) is 10.4. The van der Waals surface area contributed by atoms with Gasteiger partial charge in [-0.05, 0) is 53.6 Å². The van der Waals surface area contributed by atoms with Crippen LogP contribution in [0.25, 0.3) is 55.9 Å². The van der Waals surface area contributed by atoms with Gasteiger partial charge in [-0.2, -0.15) is 0 Å². The van der Waals surface area contributed by atoms with E-state index < -0.39 is 0 Å². The first-order valence-electron chi connectivity index (χ1n) is 11.5. The zero-order valence-corrected chi connectivity index (χ0v) is 18.7. The summed E-state index contributed by atoms with van der Waals surface area (Å²) < 4.78 is 4.31. The molecule has 0 radical (unpaired) electrons. The van der Waals surface area contributed by atoms with E-state index in [2.05, 4.69) is 62.5 Å². The second kappa shape index (κ2) is 7.57. The third-order valence-corrected chi connectivity index (χ3v) is 6.50. The lowest BCUT2D eigenvalue weighted by molar-refractivity contribution is 0.477. The van der Waals surface area contributed by atoms with Crippen molar-refractivity contribution in [2.45, 2.75) is 0 Å². The van der Waals surface area contributed by atoms with Gasteiger partial charge in [0, 0.05) is 17.3 Å². The molecule has 3 heterocycles. The molecule has 0 spiro atoms. The molecule has 5 heteroatoms. The van der Waals surface area contributed by atoms with E-state index >= 15 is 0 Å². The minimum atomic E-state index is 0.270. The molecule has 0 aliphatic heterocycles. The number of pyridine rings is 1. The fraction of sp³-hybridized carbons (Fsp3) is 0. The molecule has 5 nitrogen and oxygen atoms in total. The maximum Gasteiger partial charge on any atom is 0.221 e. The summed E-state index contributed by atoms with van der Waals surface area (Å²) in [7, 11) is 0. The quantitative estimate of drug-likeness (QED) is 0.318. The third kappa shape index (κ3) is 2.95. The molecule has 0 fully saturated rings. The van der Waals surface area contributed by atoms with E-state index in [1.807, 2.05) is 54.6 Å². The Bertz CT molecular complexity index is 1860. The van der Waals surface area contributed by atoms with E-state index in [0.717, 1.165) is 55.9 Å². The number of phenolic OH excluding ortho intramolecular Hbond substituents is 1. The number of rotatable bonds is 3. The molecule has 35 heavy (non-hydrogen) atoms. The fourth-order valence-corrected chi connectivity index (χ4v) is 4.94. The van der Waals surface area contributed by atoms with Crippen LogP contribution in [0.1, 0.15) is 0 Å². The molecule has 0 aliphatic rings. The van der Waals surface area contributed by atoms with Crippen LogP contribution in [0.3, 0.4) is 0 Å². The smallest absolute Gasteiger partial charge is 0.221 e. The van der Waals surface area contributed by atoms with Gasteiger partial charge in [-0.25, -0.2) is 9.97 Å². The maximum absolute atomic E-state index is 10.4. The van der Waals surface area contributed by atoms with Gasteiger partial charge in [0.1, 0.15) is 11.6 Å². The second-order valence-corrected chi connectivity index (χ2v) is 8.53. The molecule has 0 saturated heterocycles. The molecule has 0 atom stereocenters. The molecule has 0 amide bonds. The number of aromatic nitrogens is 4. The summed E-state index contributed by atoms with van der Waals surface area (Å²) in [4.78, 5) is 9.77. The van der Waals surface area contributed by atoms with Crippen LogP contribution in [0.2, 0.25) is 0 Å². The number of fused-ring (bicyclic) bond motifs is 5. The monoisotopic (exact) mass is 452 g/mol. The summed E-state index contributed by atoms with van der Waals surface area (Å²) in [5.74, 6) is 1.92. The summed E-state index contributed by atoms with van der Waals surface area (Å²) in [5.41, 5.74) is 7.96. The van der Waals surface area contributed by atoms with Gasteiger partial charge in [-0.15, -0.1) is 0 Å². The lowest BCUT2D eigenvalue weighted by Crippen LogP contribution is -1.97. The molecule has 3 aromatic heterocycles. The standard InChI is InChI=1S/C30H20N4O/c35-27-16-4-1-11-22(27)20-9-7-10-21(19-20)23-12-8-15-26-29(23)32-30-33(26)24-13-2-3-14-25(24)34(30)28-17-5-6-18-31-28/h1-19,35H. The predicted octanol–water partition coefficient (Wildman–Crippen LogP) is 6.87. The van der Waals surface area contributed by atoms with Crippen LogP contribution in [0.15, 0.2) is 115 Å². The average molecular weight is 453 g/mol. The van der Waals surface area contributed by atoms with Crippen LogP contribution in [-0.2, 0) is 0 Å². The normalized spacial score (nSPS) is 11.5. The molecule has 1 N–H and O–H groups in total. The van der Waals surface area contributed by atoms with Crippen LogP contribution < -0.4 is 0 Å². The van der Waals surface area contributed by atoms with Gasteiger partial charge in [0.25, 0.3) is 0 Å². The number of para-hydroxylation sites is 4. The Morgan fingerprint density at radius 1 is 0.600 bits per heavy atom. The zero-order valence-electron chi connectivity index (χ0n) is 18.7. The van der Waals surface area contributed by atoms with Crippen molar-refractivity contribution in [1.29, 1.82) is 0 Å². The highest BCUT2D eigenvalue weighted by atomic mass is 16.3. The number of imidazole rings is 2.